The minimum absolute atomic E-state index is 0.00775. The molecule has 14 nitrogen and oxygen atoms in total. The maximum atomic E-state index is 16.0. The number of aliphatic hydroxyl groups excluding tert-OH is 1. The van der Waals surface area contributed by atoms with Crippen LogP contribution in [0.5, 0.6) is 5.75 Å². The minimum Gasteiger partial charge on any atom is -0.462 e. The Hall–Kier alpha value is -3.07. The fourth-order valence-electron chi connectivity index (χ4n) is 5.46. The van der Waals surface area contributed by atoms with E-state index in [-0.39, 0.29) is 17.3 Å². The van der Waals surface area contributed by atoms with Gasteiger partial charge in [0.1, 0.15) is 23.5 Å². The van der Waals surface area contributed by atoms with E-state index < -0.39 is 62.5 Å². The smallest absolute Gasteiger partial charge is 0.459 e. The highest BCUT2D eigenvalue weighted by Crippen LogP contribution is 2.49. The van der Waals surface area contributed by atoms with Crippen LogP contribution in [-0.2, 0) is 23.4 Å². The third-order valence-corrected chi connectivity index (χ3v) is 10.1. The Morgan fingerprint density at radius 3 is 2.52 bits per heavy atom. The van der Waals surface area contributed by atoms with E-state index in [1.54, 1.807) is 44.2 Å². The highest BCUT2D eigenvalue weighted by molar-refractivity contribution is 7.52. The second kappa shape index (κ2) is 12.9. The zero-order valence-electron chi connectivity index (χ0n) is 25.7. The van der Waals surface area contributed by atoms with E-state index in [1.165, 1.54) is 17.8 Å². The van der Waals surface area contributed by atoms with Gasteiger partial charge in [-0.3, -0.25) is 13.9 Å². The molecule has 46 heavy (non-hydrogen) atoms. The minimum atomic E-state index is -4.38. The van der Waals surface area contributed by atoms with Crippen molar-refractivity contribution in [3.63, 3.8) is 0 Å². The number of para-hydroxylation sites is 1. The number of nitrogen functional groups attached to an aromatic ring is 1. The van der Waals surface area contributed by atoms with Crippen LogP contribution in [0.25, 0.3) is 11.2 Å². The standard InChI is InChI=1S/C29H38ClFN7O7P/c1-16(2)43-27(40)17(3)36-46(41,45-20-7-5-4-6-8-20)42-14-29(13-30)23(39)21(31)26(44-29)37-15-33-22-24(37)34-28(32)35-25(22)38(18-9-10-18)19-11-12-19/h4-8,15-19,21,23,26,39H,9-14H2,1-3H3,(H,36,41)(H2,32,34,35)/t17-,21-,23-,26+,29+,46-/m0/s1. The lowest BCUT2D eigenvalue weighted by atomic mass is 9.99. The molecule has 250 valence electrons. The number of benzene rings is 1. The Balaban J connectivity index is 1.26. The fraction of sp³-hybridized carbons (Fsp3) is 0.586. The molecule has 0 spiro atoms. The number of esters is 1. The highest BCUT2D eigenvalue weighted by atomic mass is 35.5. The molecule has 3 fully saturated rings. The number of nitrogens with zero attached hydrogens (tertiary/aromatic N) is 5. The summed E-state index contributed by atoms with van der Waals surface area (Å²) in [5, 5.41) is 13.7. The van der Waals surface area contributed by atoms with Crippen LogP contribution in [0.2, 0.25) is 0 Å². The molecular formula is C29H38ClFN7O7P. The van der Waals surface area contributed by atoms with Gasteiger partial charge in [0.2, 0.25) is 5.95 Å². The zero-order chi connectivity index (χ0) is 32.8. The average molecular weight is 682 g/mol. The van der Waals surface area contributed by atoms with E-state index in [9.17, 15) is 14.5 Å². The topological polar surface area (TPSA) is 176 Å². The van der Waals surface area contributed by atoms with E-state index in [2.05, 4.69) is 24.9 Å². The summed E-state index contributed by atoms with van der Waals surface area (Å²) >= 11 is 6.31. The average Bonchev–Trinajstić information content (AvgIpc) is 3.96. The fourth-order valence-corrected chi connectivity index (χ4v) is 7.31. The van der Waals surface area contributed by atoms with Crippen molar-refractivity contribution in [2.24, 2.45) is 0 Å². The number of alkyl halides is 2. The molecule has 6 rings (SSSR count). The van der Waals surface area contributed by atoms with Gasteiger partial charge in [0.25, 0.3) is 0 Å². The summed E-state index contributed by atoms with van der Waals surface area (Å²) < 4.78 is 54.1. The van der Waals surface area contributed by atoms with Gasteiger partial charge in [-0.25, -0.2) is 13.9 Å². The summed E-state index contributed by atoms with van der Waals surface area (Å²) in [6.07, 6.45) is -0.200. The van der Waals surface area contributed by atoms with Crippen molar-refractivity contribution in [1.82, 2.24) is 24.6 Å². The number of hydrogen-bond donors (Lipinski definition) is 3. The molecule has 1 saturated heterocycles. The third-order valence-electron chi connectivity index (χ3n) is 8.02. The molecule has 17 heteroatoms. The Labute approximate surface area is 270 Å². The summed E-state index contributed by atoms with van der Waals surface area (Å²) in [5.41, 5.74) is 4.89. The number of hydrogen-bond acceptors (Lipinski definition) is 12. The van der Waals surface area contributed by atoms with Gasteiger partial charge in [-0.05, 0) is 58.6 Å². The van der Waals surface area contributed by atoms with Gasteiger partial charge in [0, 0.05) is 12.1 Å². The number of imidazole rings is 1. The largest absolute Gasteiger partial charge is 0.462 e. The van der Waals surface area contributed by atoms with Crippen LogP contribution >= 0.6 is 19.3 Å². The molecule has 3 heterocycles. The molecule has 4 N–H and O–H groups in total. The summed E-state index contributed by atoms with van der Waals surface area (Å²) in [7, 11) is -4.38. The molecule has 2 saturated carbocycles. The molecule has 0 radical (unpaired) electrons. The Morgan fingerprint density at radius 1 is 1.24 bits per heavy atom. The number of aromatic nitrogens is 4. The number of anilines is 2. The van der Waals surface area contributed by atoms with Gasteiger partial charge in [0.05, 0.1) is 24.9 Å². The zero-order valence-corrected chi connectivity index (χ0v) is 27.3. The van der Waals surface area contributed by atoms with Crippen LogP contribution < -0.4 is 20.2 Å². The van der Waals surface area contributed by atoms with Crippen molar-refractivity contribution in [3.05, 3.63) is 36.7 Å². The van der Waals surface area contributed by atoms with E-state index >= 15 is 4.39 Å². The van der Waals surface area contributed by atoms with Crippen molar-refractivity contribution in [2.75, 3.05) is 23.1 Å². The first-order chi connectivity index (χ1) is 21.9. The lowest BCUT2D eigenvalue weighted by Gasteiger charge is -2.31. The summed E-state index contributed by atoms with van der Waals surface area (Å²) in [5.74, 6) is -0.402. The number of rotatable bonds is 14. The second-order valence-electron chi connectivity index (χ2n) is 12.2. The van der Waals surface area contributed by atoms with Crippen LogP contribution in [0.4, 0.5) is 16.2 Å². The van der Waals surface area contributed by atoms with Gasteiger partial charge in [-0.1, -0.05) is 18.2 Å². The van der Waals surface area contributed by atoms with Crippen molar-refractivity contribution in [3.8, 4) is 5.75 Å². The molecule has 3 aromatic rings. The molecule has 1 aliphatic heterocycles. The van der Waals surface area contributed by atoms with Crippen LogP contribution in [0.1, 0.15) is 52.7 Å². The number of halogens is 2. The molecule has 2 aromatic heterocycles. The number of fused-ring (bicyclic) bond motifs is 1. The molecule has 6 atom stereocenters. The van der Waals surface area contributed by atoms with E-state index in [0.717, 1.165) is 25.7 Å². The Kier molecular flexibility index (Phi) is 9.18. The molecule has 3 aliphatic rings. The van der Waals surface area contributed by atoms with E-state index in [1.807, 2.05) is 0 Å². The number of ether oxygens (including phenoxy) is 2. The van der Waals surface area contributed by atoms with Gasteiger partial charge >= 0.3 is 13.7 Å². The normalized spacial score (nSPS) is 26.6. The lowest BCUT2D eigenvalue weighted by Crippen LogP contribution is -2.48. The van der Waals surface area contributed by atoms with Crippen LogP contribution in [-0.4, -0.2) is 85.2 Å². The second-order valence-corrected chi connectivity index (χ2v) is 14.2. The van der Waals surface area contributed by atoms with E-state index in [4.69, 9.17) is 35.9 Å². The summed E-state index contributed by atoms with van der Waals surface area (Å²) in [6.45, 7) is 4.11. The summed E-state index contributed by atoms with van der Waals surface area (Å²) in [4.78, 5) is 28.1. The molecular weight excluding hydrogens is 644 g/mol. The maximum absolute atomic E-state index is 16.0. The first-order valence-electron chi connectivity index (χ1n) is 15.3. The number of aliphatic hydroxyl groups is 1. The monoisotopic (exact) mass is 681 g/mol. The first kappa shape index (κ1) is 32.9. The quantitative estimate of drug-likeness (QED) is 0.127. The molecule has 0 unspecified atom stereocenters. The number of carbonyl (C=O) groups excluding carboxylic acids is 1. The molecule has 1 aromatic carbocycles. The highest BCUT2D eigenvalue weighted by Gasteiger charge is 2.57. The van der Waals surface area contributed by atoms with Crippen molar-refractivity contribution in [2.45, 2.75) is 94.8 Å². The SMILES string of the molecule is CC(C)OC(=O)[C@H](C)N[P@](=O)(OC[C@@]1(CCl)O[C@@H](n2cnc3c(N(C4CC4)C4CC4)nc(N)nc32)[C@@H](F)[C@@H]1O)Oc1ccccc1. The van der Waals surface area contributed by atoms with Crippen molar-refractivity contribution >= 4 is 48.2 Å². The molecule has 0 amide bonds. The lowest BCUT2D eigenvalue weighted by molar-refractivity contribution is -0.149. The molecule has 0 bridgehead atoms. The van der Waals surface area contributed by atoms with Gasteiger partial charge in [-0.2, -0.15) is 15.1 Å². The van der Waals surface area contributed by atoms with Gasteiger partial charge in [-0.15, -0.1) is 11.6 Å². The van der Waals surface area contributed by atoms with Crippen LogP contribution in [0, 0.1) is 0 Å². The Morgan fingerprint density at radius 2 is 1.91 bits per heavy atom. The number of nitrogens with two attached hydrogens (primary N) is 1. The third kappa shape index (κ3) is 6.67. The predicted octanol–water partition coefficient (Wildman–Crippen LogP) is 3.88. The van der Waals surface area contributed by atoms with Crippen LogP contribution in [0.3, 0.4) is 0 Å². The van der Waals surface area contributed by atoms with Crippen LogP contribution in [0.15, 0.2) is 36.7 Å². The number of carbonyl (C=O) groups is 1. The summed E-state index contributed by atoms with van der Waals surface area (Å²) in [6, 6.07) is 7.69. The maximum Gasteiger partial charge on any atom is 0.459 e. The number of nitrogens with one attached hydrogen (secondary N) is 1. The first-order valence-corrected chi connectivity index (χ1v) is 17.3. The Bertz CT molecular complexity index is 1600. The van der Waals surface area contributed by atoms with E-state index in [0.29, 0.717) is 23.4 Å². The molecule has 2 aliphatic carbocycles. The van der Waals surface area contributed by atoms with Gasteiger partial charge in [0.15, 0.2) is 29.4 Å². The predicted molar refractivity (Wildman–Crippen MR) is 167 cm³/mol. The van der Waals surface area contributed by atoms with Crippen molar-refractivity contribution in [1.29, 1.82) is 0 Å². The van der Waals surface area contributed by atoms with Gasteiger partial charge < -0.3 is 29.7 Å². The van der Waals surface area contributed by atoms with Crippen molar-refractivity contribution < 1.29 is 37.4 Å².